The van der Waals surface area contributed by atoms with E-state index in [0.717, 1.165) is 0 Å². The Balaban J connectivity index is 3.44. The van der Waals surface area contributed by atoms with Crippen molar-refractivity contribution in [1.82, 2.24) is 0 Å². The minimum Gasteiger partial charge on any atom is -0.478 e. The third kappa shape index (κ3) is 10.2. The lowest BCUT2D eigenvalue weighted by molar-refractivity contribution is -0.398. The predicted molar refractivity (Wildman–Crippen MR) is 138 cm³/mol. The lowest BCUT2D eigenvalue weighted by Gasteiger charge is -2.33. The molecule has 1 rings (SSSR count). The average molecular weight is 511 g/mol. The lowest BCUT2D eigenvalue weighted by Crippen LogP contribution is -2.33. The molecule has 0 aliphatic rings. The van der Waals surface area contributed by atoms with Gasteiger partial charge in [0.2, 0.25) is 0 Å². The van der Waals surface area contributed by atoms with Crippen LogP contribution in [0.3, 0.4) is 0 Å². The summed E-state index contributed by atoms with van der Waals surface area (Å²) in [4.78, 5) is 47.0. The molecule has 0 aromatic heterocycles. The highest BCUT2D eigenvalue weighted by atomic mass is 17.2. The Labute approximate surface area is 216 Å². The van der Waals surface area contributed by atoms with Crippen molar-refractivity contribution >= 4 is 11.9 Å². The van der Waals surface area contributed by atoms with Crippen LogP contribution in [-0.2, 0) is 19.6 Å². The maximum absolute atomic E-state index is 12.6. The van der Waals surface area contributed by atoms with E-state index >= 15 is 0 Å². The van der Waals surface area contributed by atoms with Crippen molar-refractivity contribution in [2.75, 3.05) is 0 Å². The number of hydrogen-bond donors (Lipinski definition) is 2. The molecule has 36 heavy (non-hydrogen) atoms. The maximum Gasteiger partial charge on any atom is 0.336 e. The zero-order valence-electron chi connectivity index (χ0n) is 24.1. The molecule has 0 bridgehead atoms. The highest BCUT2D eigenvalue weighted by Gasteiger charge is 2.34. The van der Waals surface area contributed by atoms with Gasteiger partial charge in [0, 0.05) is 0 Å². The quantitative estimate of drug-likeness (QED) is 0.226. The monoisotopic (exact) mass is 510 g/mol. The average Bonchev–Trinajstić information content (AvgIpc) is 2.68. The first-order valence-electron chi connectivity index (χ1n) is 12.4. The summed E-state index contributed by atoms with van der Waals surface area (Å²) >= 11 is 0. The van der Waals surface area contributed by atoms with Gasteiger partial charge >= 0.3 is 11.9 Å². The molecular weight excluding hydrogens is 464 g/mol. The second kappa shape index (κ2) is 11.6. The molecule has 0 aliphatic heterocycles. The number of rotatable bonds is 12. The molecule has 206 valence electrons. The zero-order valence-corrected chi connectivity index (χ0v) is 24.1. The fourth-order valence-electron chi connectivity index (χ4n) is 4.21. The first-order valence-corrected chi connectivity index (χ1v) is 12.4. The van der Waals surface area contributed by atoms with E-state index in [1.807, 2.05) is 83.1 Å². The zero-order chi connectivity index (χ0) is 28.3. The number of carboxylic acid groups (broad SMARTS) is 2. The molecule has 1 aromatic rings. The van der Waals surface area contributed by atoms with Crippen molar-refractivity contribution in [3.05, 3.63) is 34.4 Å². The first-order chi connectivity index (χ1) is 16.1. The Kier molecular flexibility index (Phi) is 10.3. The van der Waals surface area contributed by atoms with Crippen LogP contribution in [0.1, 0.15) is 140 Å². The van der Waals surface area contributed by atoms with Gasteiger partial charge in [-0.2, -0.15) is 0 Å². The largest absolute Gasteiger partial charge is 0.478 e. The Morgan fingerprint density at radius 3 is 1.47 bits per heavy atom. The van der Waals surface area contributed by atoms with E-state index in [0.29, 0.717) is 18.4 Å². The molecule has 2 N–H and O–H groups in total. The van der Waals surface area contributed by atoms with Crippen LogP contribution in [-0.4, -0.2) is 44.6 Å². The predicted octanol–water partition coefficient (Wildman–Crippen LogP) is 7.12. The van der Waals surface area contributed by atoms with Gasteiger partial charge in [0.25, 0.3) is 0 Å². The second-order valence-electron chi connectivity index (χ2n) is 12.9. The number of hydrogen-bond acceptors (Lipinski definition) is 6. The second-order valence-corrected chi connectivity index (χ2v) is 12.9. The Bertz CT molecular complexity index is 919. The Morgan fingerprint density at radius 1 is 0.694 bits per heavy atom. The highest BCUT2D eigenvalue weighted by molar-refractivity contribution is 5.98. The van der Waals surface area contributed by atoms with E-state index < -0.39 is 40.3 Å². The fourth-order valence-corrected chi connectivity index (χ4v) is 4.21. The van der Waals surface area contributed by atoms with Crippen LogP contribution >= 0.6 is 0 Å². The van der Waals surface area contributed by atoms with Crippen LogP contribution in [0.4, 0.5) is 0 Å². The third-order valence-electron chi connectivity index (χ3n) is 5.38. The maximum atomic E-state index is 12.6. The molecular formula is C28H46O8. The third-order valence-corrected chi connectivity index (χ3v) is 5.38. The van der Waals surface area contributed by atoms with E-state index in [-0.39, 0.29) is 22.6 Å². The SMILES string of the molecule is CC(CC(C)(C)OOC(C)(C)C)c1ccc(C(=O)O)c(C(C)CC(C)(C)OOC(C)(C)C)c1C(=O)O. The summed E-state index contributed by atoms with van der Waals surface area (Å²) in [6.45, 7) is 22.4. The van der Waals surface area contributed by atoms with Crippen LogP contribution in [0.5, 0.6) is 0 Å². The van der Waals surface area contributed by atoms with Crippen molar-refractivity contribution < 1.29 is 39.4 Å². The van der Waals surface area contributed by atoms with E-state index in [1.165, 1.54) is 6.07 Å². The summed E-state index contributed by atoms with van der Waals surface area (Å²) in [5.41, 5.74) is -1.73. The fraction of sp³-hybridized carbons (Fsp3) is 0.714. The first kappa shape index (κ1) is 32.0. The van der Waals surface area contributed by atoms with Gasteiger partial charge in [-0.3, -0.25) is 0 Å². The van der Waals surface area contributed by atoms with Gasteiger partial charge in [0.1, 0.15) is 0 Å². The van der Waals surface area contributed by atoms with E-state index in [2.05, 4.69) is 0 Å². The van der Waals surface area contributed by atoms with E-state index in [1.54, 1.807) is 6.07 Å². The summed E-state index contributed by atoms with van der Waals surface area (Å²) in [6.07, 6.45) is 0.799. The molecule has 2 atom stereocenters. The van der Waals surface area contributed by atoms with Gasteiger partial charge in [-0.25, -0.2) is 29.1 Å². The van der Waals surface area contributed by atoms with Crippen LogP contribution in [0, 0.1) is 0 Å². The van der Waals surface area contributed by atoms with E-state index in [9.17, 15) is 19.8 Å². The molecule has 2 unspecified atom stereocenters. The summed E-state index contributed by atoms with van der Waals surface area (Å²) in [6, 6.07) is 3.09. The molecule has 0 amide bonds. The number of benzene rings is 1. The molecule has 0 heterocycles. The van der Waals surface area contributed by atoms with Crippen molar-refractivity contribution in [2.45, 2.75) is 130 Å². The van der Waals surface area contributed by atoms with Crippen molar-refractivity contribution in [1.29, 1.82) is 0 Å². The van der Waals surface area contributed by atoms with Crippen LogP contribution in [0.2, 0.25) is 0 Å². The number of carboxylic acids is 2. The van der Waals surface area contributed by atoms with E-state index in [4.69, 9.17) is 19.6 Å². The summed E-state index contributed by atoms with van der Waals surface area (Å²) in [7, 11) is 0. The normalized spacial score (nSPS) is 15.0. The summed E-state index contributed by atoms with van der Waals surface area (Å²) in [5, 5.41) is 20.2. The minimum absolute atomic E-state index is 0.00924. The summed E-state index contributed by atoms with van der Waals surface area (Å²) < 4.78 is 0. The van der Waals surface area contributed by atoms with Crippen LogP contribution in [0.15, 0.2) is 12.1 Å². The molecule has 1 aromatic carbocycles. The number of aromatic carboxylic acids is 2. The molecule has 0 saturated heterocycles. The number of carbonyl (C=O) groups is 2. The van der Waals surface area contributed by atoms with Gasteiger partial charge in [-0.15, -0.1) is 0 Å². The Hall–Kier alpha value is -2.00. The summed E-state index contributed by atoms with van der Waals surface area (Å²) in [5.74, 6) is -3.04. The highest BCUT2D eigenvalue weighted by Crippen LogP contribution is 2.39. The van der Waals surface area contributed by atoms with Gasteiger partial charge < -0.3 is 10.2 Å². The van der Waals surface area contributed by atoms with Gasteiger partial charge in [-0.05, 0) is 111 Å². The lowest BCUT2D eigenvalue weighted by atomic mass is 9.78. The molecule has 0 spiro atoms. The molecule has 0 fully saturated rings. The molecule has 0 radical (unpaired) electrons. The van der Waals surface area contributed by atoms with Gasteiger partial charge in [0.15, 0.2) is 0 Å². The van der Waals surface area contributed by atoms with Crippen molar-refractivity contribution in [3.63, 3.8) is 0 Å². The van der Waals surface area contributed by atoms with Crippen LogP contribution in [0.25, 0.3) is 0 Å². The van der Waals surface area contributed by atoms with Gasteiger partial charge in [-0.1, -0.05) is 19.9 Å². The molecule has 8 nitrogen and oxygen atoms in total. The van der Waals surface area contributed by atoms with Crippen LogP contribution < -0.4 is 0 Å². The minimum atomic E-state index is -1.18. The van der Waals surface area contributed by atoms with Gasteiger partial charge in [0.05, 0.1) is 33.5 Å². The van der Waals surface area contributed by atoms with Crippen molar-refractivity contribution in [2.24, 2.45) is 0 Å². The standard InChI is InChI=1S/C28H46O8/c1-17(15-27(9,10)35-33-25(3,4)5)19-13-14-20(23(29)30)21(22(19)24(31)32)18(2)16-28(11,12)36-34-26(6,7)8/h13-14,17-18H,15-16H2,1-12H3,(H,29,30)(H,31,32). The molecule has 8 heteroatoms. The van der Waals surface area contributed by atoms with Crippen molar-refractivity contribution in [3.8, 4) is 0 Å². The topological polar surface area (TPSA) is 112 Å². The Morgan fingerprint density at radius 2 is 1.11 bits per heavy atom. The molecule has 0 saturated carbocycles. The molecule has 0 aliphatic carbocycles. The smallest absolute Gasteiger partial charge is 0.336 e.